The molecule has 4 rings (SSSR count). The zero-order chi connectivity index (χ0) is 23.0. The van der Waals surface area contributed by atoms with Crippen molar-refractivity contribution in [2.75, 3.05) is 7.11 Å². The van der Waals surface area contributed by atoms with Crippen molar-refractivity contribution in [2.45, 2.75) is 18.7 Å². The third kappa shape index (κ3) is 4.16. The van der Waals surface area contributed by atoms with Crippen LogP contribution in [0.1, 0.15) is 34.1 Å². The summed E-state index contributed by atoms with van der Waals surface area (Å²) in [5.74, 6) is 0.294. The number of benzene rings is 2. The van der Waals surface area contributed by atoms with Crippen LogP contribution < -0.4 is 4.74 Å². The Bertz CT molecular complexity index is 1270. The van der Waals surface area contributed by atoms with Crippen LogP contribution in [-0.4, -0.2) is 26.8 Å². The molecule has 166 valence electrons. The second-order valence-electron chi connectivity index (χ2n) is 7.39. The minimum absolute atomic E-state index is 0.234. The van der Waals surface area contributed by atoms with Crippen molar-refractivity contribution in [1.82, 2.24) is 14.5 Å². The first-order chi connectivity index (χ1) is 15.2. The molecule has 0 radical (unpaired) electrons. The molecule has 0 saturated carbocycles. The highest BCUT2D eigenvalue weighted by atomic mass is 35.5. The van der Waals surface area contributed by atoms with Crippen LogP contribution in [0.4, 0.5) is 13.2 Å². The van der Waals surface area contributed by atoms with Gasteiger partial charge in [-0.25, -0.2) is 9.97 Å². The fourth-order valence-electron chi connectivity index (χ4n) is 3.57. The first-order valence-corrected chi connectivity index (χ1v) is 10.0. The fourth-order valence-corrected chi connectivity index (χ4v) is 3.87. The Balaban J connectivity index is 1.75. The average Bonchev–Trinajstić information content (AvgIpc) is 3.20. The Hall–Kier alpha value is -3.10. The second kappa shape index (κ2) is 8.44. The van der Waals surface area contributed by atoms with E-state index in [0.717, 1.165) is 12.1 Å². The number of hydrogen-bond donors (Lipinski definition) is 1. The van der Waals surface area contributed by atoms with Gasteiger partial charge in [0.25, 0.3) is 0 Å². The van der Waals surface area contributed by atoms with Crippen LogP contribution in [0.3, 0.4) is 0 Å². The van der Waals surface area contributed by atoms with E-state index in [-0.39, 0.29) is 6.42 Å². The first kappa shape index (κ1) is 22.1. The molecular formula is C23H19ClF3N3O2. The van der Waals surface area contributed by atoms with Gasteiger partial charge in [0, 0.05) is 24.4 Å². The number of hydrogen-bond acceptors (Lipinski definition) is 4. The predicted octanol–water partition coefficient (Wildman–Crippen LogP) is 5.32. The molecule has 0 amide bonds. The number of pyridine rings is 1. The molecule has 0 saturated heterocycles. The molecule has 1 N–H and O–H groups in total. The fraction of sp³-hybridized carbons (Fsp3) is 0.217. The predicted molar refractivity (Wildman–Crippen MR) is 115 cm³/mol. The van der Waals surface area contributed by atoms with Crippen molar-refractivity contribution < 1.29 is 23.0 Å². The van der Waals surface area contributed by atoms with Gasteiger partial charge in [-0.2, -0.15) is 13.2 Å². The summed E-state index contributed by atoms with van der Waals surface area (Å²) in [4.78, 5) is 8.53. The Kier molecular flexibility index (Phi) is 5.83. The molecule has 2 heterocycles. The van der Waals surface area contributed by atoms with E-state index in [1.165, 1.54) is 19.2 Å². The summed E-state index contributed by atoms with van der Waals surface area (Å²) >= 11 is 6.71. The van der Waals surface area contributed by atoms with Gasteiger partial charge in [0.1, 0.15) is 6.10 Å². The van der Waals surface area contributed by atoms with Gasteiger partial charge >= 0.3 is 6.18 Å². The van der Waals surface area contributed by atoms with Crippen LogP contribution in [0.15, 0.2) is 55.0 Å². The minimum Gasteiger partial charge on any atom is -0.481 e. The maximum Gasteiger partial charge on any atom is 0.416 e. The number of aliphatic hydroxyl groups is 1. The number of halogens is 4. The lowest BCUT2D eigenvalue weighted by atomic mass is 10.00. The molecule has 0 aliphatic rings. The van der Waals surface area contributed by atoms with Crippen molar-refractivity contribution >= 4 is 22.5 Å². The van der Waals surface area contributed by atoms with E-state index < -0.39 is 17.8 Å². The van der Waals surface area contributed by atoms with E-state index in [1.54, 1.807) is 42.3 Å². The lowest BCUT2D eigenvalue weighted by molar-refractivity contribution is -0.137. The zero-order valence-corrected chi connectivity index (χ0v) is 17.9. The molecule has 32 heavy (non-hydrogen) atoms. The van der Waals surface area contributed by atoms with Crippen LogP contribution in [0.2, 0.25) is 5.02 Å². The summed E-state index contributed by atoms with van der Waals surface area (Å²) in [5, 5.41) is 11.7. The van der Waals surface area contributed by atoms with Gasteiger partial charge in [-0.05, 0) is 35.4 Å². The number of aliphatic hydroxyl groups excluding tert-OH is 1. The number of aryl methyl sites for hydroxylation is 1. The van der Waals surface area contributed by atoms with Crippen LogP contribution in [0, 0.1) is 0 Å². The van der Waals surface area contributed by atoms with Gasteiger partial charge in [-0.15, -0.1) is 0 Å². The largest absolute Gasteiger partial charge is 0.481 e. The number of ether oxygens (including phenoxy) is 1. The monoisotopic (exact) mass is 461 g/mol. The number of imidazole rings is 1. The number of fused-ring (bicyclic) bond motifs is 1. The SMILES string of the molecule is COc1nc2ccc(C(O)c3cncn3C)cc2c(Cl)c1Cc1ccc(C(F)(F)F)cc1. The van der Waals surface area contributed by atoms with Gasteiger partial charge in [-0.3, -0.25) is 0 Å². The molecule has 5 nitrogen and oxygen atoms in total. The van der Waals surface area contributed by atoms with Gasteiger partial charge < -0.3 is 14.4 Å². The number of nitrogens with zero attached hydrogens (tertiary/aromatic N) is 3. The van der Waals surface area contributed by atoms with E-state index in [2.05, 4.69) is 9.97 Å². The van der Waals surface area contributed by atoms with Gasteiger partial charge in [0.05, 0.1) is 41.4 Å². The third-order valence-electron chi connectivity index (χ3n) is 5.31. The van der Waals surface area contributed by atoms with Crippen LogP contribution in [0.5, 0.6) is 5.88 Å². The Morgan fingerprint density at radius 1 is 1.16 bits per heavy atom. The lowest BCUT2D eigenvalue weighted by Gasteiger charge is -2.16. The summed E-state index contributed by atoms with van der Waals surface area (Å²) in [6.45, 7) is 0. The number of methoxy groups -OCH3 is 1. The van der Waals surface area contributed by atoms with Crippen molar-refractivity contribution in [1.29, 1.82) is 0 Å². The Labute approximate surface area is 187 Å². The highest BCUT2D eigenvalue weighted by Gasteiger charge is 2.30. The number of aromatic nitrogens is 3. The molecule has 4 aromatic rings. The molecular weight excluding hydrogens is 443 g/mol. The van der Waals surface area contributed by atoms with Crippen molar-refractivity contribution in [3.63, 3.8) is 0 Å². The molecule has 9 heteroatoms. The smallest absolute Gasteiger partial charge is 0.416 e. The molecule has 0 bridgehead atoms. The van der Waals surface area contributed by atoms with E-state index in [0.29, 0.717) is 44.2 Å². The normalized spacial score (nSPS) is 12.8. The van der Waals surface area contributed by atoms with Crippen LogP contribution in [0.25, 0.3) is 10.9 Å². The van der Waals surface area contributed by atoms with Crippen molar-refractivity contribution in [2.24, 2.45) is 7.05 Å². The van der Waals surface area contributed by atoms with E-state index in [9.17, 15) is 18.3 Å². The van der Waals surface area contributed by atoms with E-state index >= 15 is 0 Å². The summed E-state index contributed by atoms with van der Waals surface area (Å²) in [5.41, 5.74) is 2.26. The van der Waals surface area contributed by atoms with Gasteiger partial charge in [0.2, 0.25) is 5.88 Å². The molecule has 2 aromatic carbocycles. The maximum absolute atomic E-state index is 12.9. The summed E-state index contributed by atoms with van der Waals surface area (Å²) in [7, 11) is 3.25. The molecule has 1 unspecified atom stereocenters. The highest BCUT2D eigenvalue weighted by molar-refractivity contribution is 6.36. The average molecular weight is 462 g/mol. The first-order valence-electron chi connectivity index (χ1n) is 9.65. The molecule has 0 aliphatic heterocycles. The van der Waals surface area contributed by atoms with Crippen LogP contribution >= 0.6 is 11.6 Å². The van der Waals surface area contributed by atoms with Crippen LogP contribution in [-0.2, 0) is 19.6 Å². The summed E-state index contributed by atoms with van der Waals surface area (Å²) < 4.78 is 45.7. The zero-order valence-electron chi connectivity index (χ0n) is 17.2. The Morgan fingerprint density at radius 2 is 1.88 bits per heavy atom. The summed E-state index contributed by atoms with van der Waals surface area (Å²) in [6.07, 6.45) is -1.90. The molecule has 1 atom stereocenters. The highest BCUT2D eigenvalue weighted by Crippen LogP contribution is 2.36. The van der Waals surface area contributed by atoms with E-state index in [4.69, 9.17) is 16.3 Å². The second-order valence-corrected chi connectivity index (χ2v) is 7.77. The molecule has 0 aliphatic carbocycles. The van der Waals surface area contributed by atoms with E-state index in [1.807, 2.05) is 0 Å². The standard InChI is InChI=1S/C23H19ClF3N3O2/c1-30-12-28-11-19(30)21(31)14-5-8-18-16(10-14)20(24)17(22(29-18)32-2)9-13-3-6-15(7-4-13)23(25,26)27/h3-8,10-12,21,31H,9H2,1-2H3. The quantitative estimate of drug-likeness (QED) is 0.437. The molecule has 0 spiro atoms. The van der Waals surface area contributed by atoms with Gasteiger partial charge in [0.15, 0.2) is 0 Å². The maximum atomic E-state index is 12.9. The molecule has 2 aromatic heterocycles. The summed E-state index contributed by atoms with van der Waals surface area (Å²) in [6, 6.07) is 10.1. The Morgan fingerprint density at radius 3 is 2.47 bits per heavy atom. The topological polar surface area (TPSA) is 60.2 Å². The number of alkyl halides is 3. The third-order valence-corrected chi connectivity index (χ3v) is 5.74. The minimum atomic E-state index is -4.40. The van der Waals surface area contributed by atoms with Gasteiger partial charge in [-0.1, -0.05) is 29.8 Å². The lowest BCUT2D eigenvalue weighted by Crippen LogP contribution is -2.06. The van der Waals surface area contributed by atoms with Crippen molar-refractivity contribution in [3.8, 4) is 5.88 Å². The van der Waals surface area contributed by atoms with Crippen molar-refractivity contribution in [3.05, 3.63) is 88.0 Å². The number of rotatable bonds is 5. The molecule has 0 fully saturated rings.